The zero-order chi connectivity index (χ0) is 14.4. The minimum atomic E-state index is 0.274. The SMILES string of the molecule is CCOCc1nc(Cl)cc(NC(C)Cc2ccsc2)n1. The third kappa shape index (κ3) is 4.74. The van der Waals surface area contributed by atoms with Crippen molar-refractivity contribution in [2.24, 2.45) is 0 Å². The lowest BCUT2D eigenvalue weighted by molar-refractivity contribution is 0.128. The number of ether oxygens (including phenoxy) is 1. The minimum absolute atomic E-state index is 0.274. The van der Waals surface area contributed by atoms with Crippen LogP contribution in [-0.4, -0.2) is 22.6 Å². The van der Waals surface area contributed by atoms with Crippen LogP contribution >= 0.6 is 22.9 Å². The van der Waals surface area contributed by atoms with Crippen molar-refractivity contribution < 1.29 is 4.74 Å². The van der Waals surface area contributed by atoms with Crippen LogP contribution in [0, 0.1) is 0 Å². The van der Waals surface area contributed by atoms with Gasteiger partial charge >= 0.3 is 0 Å². The van der Waals surface area contributed by atoms with Gasteiger partial charge in [0.2, 0.25) is 0 Å². The van der Waals surface area contributed by atoms with E-state index in [4.69, 9.17) is 16.3 Å². The van der Waals surface area contributed by atoms with Gasteiger partial charge in [-0.1, -0.05) is 11.6 Å². The Kier molecular flexibility index (Phi) is 5.76. The molecule has 0 bridgehead atoms. The van der Waals surface area contributed by atoms with Crippen molar-refractivity contribution in [3.63, 3.8) is 0 Å². The van der Waals surface area contributed by atoms with Crippen LogP contribution in [0.4, 0.5) is 5.82 Å². The molecule has 0 amide bonds. The van der Waals surface area contributed by atoms with Gasteiger partial charge in [0.05, 0.1) is 0 Å². The molecule has 1 N–H and O–H groups in total. The van der Waals surface area contributed by atoms with E-state index in [0.717, 1.165) is 12.2 Å². The summed E-state index contributed by atoms with van der Waals surface area (Å²) in [4.78, 5) is 8.56. The van der Waals surface area contributed by atoms with Crippen LogP contribution in [0.2, 0.25) is 5.15 Å². The van der Waals surface area contributed by atoms with Crippen molar-refractivity contribution in [1.29, 1.82) is 0 Å². The molecule has 2 aromatic rings. The summed E-state index contributed by atoms with van der Waals surface area (Å²) in [6, 6.07) is 4.15. The zero-order valence-electron chi connectivity index (χ0n) is 11.6. The molecular weight excluding hydrogens is 294 g/mol. The summed E-state index contributed by atoms with van der Waals surface area (Å²) < 4.78 is 5.31. The Morgan fingerprint density at radius 3 is 3.00 bits per heavy atom. The number of rotatable bonds is 7. The van der Waals surface area contributed by atoms with Gasteiger partial charge in [-0.2, -0.15) is 11.3 Å². The maximum Gasteiger partial charge on any atom is 0.158 e. The molecule has 108 valence electrons. The highest BCUT2D eigenvalue weighted by Gasteiger charge is 2.08. The van der Waals surface area contributed by atoms with Crippen molar-refractivity contribution in [3.05, 3.63) is 39.4 Å². The maximum atomic E-state index is 6.01. The van der Waals surface area contributed by atoms with Crippen molar-refractivity contribution in [3.8, 4) is 0 Å². The highest BCUT2D eigenvalue weighted by molar-refractivity contribution is 7.07. The van der Waals surface area contributed by atoms with Gasteiger partial charge in [0.15, 0.2) is 5.82 Å². The molecular formula is C14H18ClN3OS. The quantitative estimate of drug-likeness (QED) is 0.791. The predicted octanol–water partition coefficient (Wildman–Crippen LogP) is 3.77. The summed E-state index contributed by atoms with van der Waals surface area (Å²) in [5, 5.41) is 8.03. The first-order valence-corrected chi connectivity index (χ1v) is 7.88. The Bertz CT molecular complexity index is 533. The molecule has 2 rings (SSSR count). The number of anilines is 1. The monoisotopic (exact) mass is 311 g/mol. The lowest BCUT2D eigenvalue weighted by Crippen LogP contribution is -2.19. The maximum absolute atomic E-state index is 6.01. The smallest absolute Gasteiger partial charge is 0.158 e. The highest BCUT2D eigenvalue weighted by Crippen LogP contribution is 2.15. The largest absolute Gasteiger partial charge is 0.374 e. The number of nitrogens with one attached hydrogen (secondary N) is 1. The lowest BCUT2D eigenvalue weighted by atomic mass is 10.1. The third-order valence-electron chi connectivity index (χ3n) is 2.69. The summed E-state index contributed by atoms with van der Waals surface area (Å²) >= 11 is 7.72. The summed E-state index contributed by atoms with van der Waals surface area (Å²) in [5.41, 5.74) is 1.32. The molecule has 1 atom stereocenters. The number of aromatic nitrogens is 2. The van der Waals surface area contributed by atoms with Crippen LogP contribution < -0.4 is 5.32 Å². The highest BCUT2D eigenvalue weighted by atomic mass is 35.5. The van der Waals surface area contributed by atoms with E-state index >= 15 is 0 Å². The van der Waals surface area contributed by atoms with Crippen molar-refractivity contribution >= 4 is 28.8 Å². The van der Waals surface area contributed by atoms with Crippen molar-refractivity contribution in [2.45, 2.75) is 32.9 Å². The number of hydrogen-bond donors (Lipinski definition) is 1. The summed E-state index contributed by atoms with van der Waals surface area (Å²) in [6.07, 6.45) is 0.950. The van der Waals surface area contributed by atoms with E-state index in [1.165, 1.54) is 5.56 Å². The van der Waals surface area contributed by atoms with Gasteiger partial charge in [0.1, 0.15) is 17.6 Å². The van der Waals surface area contributed by atoms with Crippen LogP contribution in [0.1, 0.15) is 25.2 Å². The standard InChI is InChI=1S/C14H18ClN3OS/c1-3-19-8-14-17-12(15)7-13(18-14)16-10(2)6-11-4-5-20-9-11/h4-5,7,9-10H,3,6,8H2,1-2H3,(H,16,17,18). The summed E-state index contributed by atoms with van der Waals surface area (Å²) in [6.45, 7) is 5.07. The molecule has 20 heavy (non-hydrogen) atoms. The fourth-order valence-corrected chi connectivity index (χ4v) is 2.74. The number of thiophene rings is 1. The van der Waals surface area contributed by atoms with Crippen LogP contribution in [0.5, 0.6) is 0 Å². The predicted molar refractivity (Wildman–Crippen MR) is 83.5 cm³/mol. The number of halogens is 1. The topological polar surface area (TPSA) is 47.0 Å². The number of hydrogen-bond acceptors (Lipinski definition) is 5. The molecule has 2 heterocycles. The van der Waals surface area contributed by atoms with Gasteiger partial charge in [-0.05, 0) is 42.7 Å². The van der Waals surface area contributed by atoms with E-state index in [2.05, 4.69) is 39.0 Å². The molecule has 0 radical (unpaired) electrons. The molecule has 1 unspecified atom stereocenters. The first kappa shape index (κ1) is 15.2. The van der Waals surface area contributed by atoms with E-state index in [1.54, 1.807) is 17.4 Å². The van der Waals surface area contributed by atoms with Crippen LogP contribution in [0.3, 0.4) is 0 Å². The summed E-state index contributed by atoms with van der Waals surface area (Å²) in [7, 11) is 0. The van der Waals surface area contributed by atoms with Crippen molar-refractivity contribution in [2.75, 3.05) is 11.9 Å². The van der Waals surface area contributed by atoms with Crippen LogP contribution in [0.25, 0.3) is 0 Å². The number of nitrogens with zero attached hydrogens (tertiary/aromatic N) is 2. The molecule has 0 aliphatic heterocycles. The van der Waals surface area contributed by atoms with E-state index < -0.39 is 0 Å². The second kappa shape index (κ2) is 7.57. The van der Waals surface area contributed by atoms with Crippen molar-refractivity contribution in [1.82, 2.24) is 9.97 Å². The normalized spacial score (nSPS) is 12.3. The first-order chi connectivity index (χ1) is 9.67. The molecule has 0 fully saturated rings. The Hall–Kier alpha value is -1.17. The molecule has 0 aromatic carbocycles. The molecule has 0 spiro atoms. The molecule has 4 nitrogen and oxygen atoms in total. The molecule has 2 aromatic heterocycles. The van der Waals surface area contributed by atoms with Gasteiger partial charge in [0.25, 0.3) is 0 Å². The van der Waals surface area contributed by atoms with Gasteiger partial charge in [0, 0.05) is 18.7 Å². The third-order valence-corrected chi connectivity index (χ3v) is 3.62. The van der Waals surface area contributed by atoms with Gasteiger partial charge < -0.3 is 10.1 Å². The zero-order valence-corrected chi connectivity index (χ0v) is 13.2. The Morgan fingerprint density at radius 1 is 1.45 bits per heavy atom. The minimum Gasteiger partial charge on any atom is -0.374 e. The van der Waals surface area contributed by atoms with Crippen LogP contribution in [-0.2, 0) is 17.8 Å². The summed E-state index contributed by atoms with van der Waals surface area (Å²) in [5.74, 6) is 1.34. The molecule has 0 saturated carbocycles. The molecule has 0 saturated heterocycles. The van der Waals surface area contributed by atoms with Crippen LogP contribution in [0.15, 0.2) is 22.9 Å². The molecule has 0 aliphatic rings. The molecule has 0 aliphatic carbocycles. The van der Waals surface area contributed by atoms with E-state index in [1.807, 2.05) is 6.92 Å². The second-order valence-corrected chi connectivity index (χ2v) is 5.68. The molecule has 6 heteroatoms. The fraction of sp³-hybridized carbons (Fsp3) is 0.429. The first-order valence-electron chi connectivity index (χ1n) is 6.56. The Balaban J connectivity index is 1.98. The van der Waals surface area contributed by atoms with Gasteiger partial charge in [-0.15, -0.1) is 0 Å². The average Bonchev–Trinajstić information content (AvgIpc) is 2.88. The Morgan fingerprint density at radius 2 is 2.30 bits per heavy atom. The van der Waals surface area contributed by atoms with Gasteiger partial charge in [-0.25, -0.2) is 9.97 Å². The van der Waals surface area contributed by atoms with E-state index in [0.29, 0.717) is 24.2 Å². The lowest BCUT2D eigenvalue weighted by Gasteiger charge is -2.14. The average molecular weight is 312 g/mol. The fourth-order valence-electron chi connectivity index (χ4n) is 1.86. The van der Waals surface area contributed by atoms with E-state index in [9.17, 15) is 0 Å². The van der Waals surface area contributed by atoms with Gasteiger partial charge in [-0.3, -0.25) is 0 Å². The second-order valence-electron chi connectivity index (χ2n) is 4.51. The van der Waals surface area contributed by atoms with E-state index in [-0.39, 0.29) is 6.04 Å². The Labute approximate surface area is 128 Å².